The van der Waals surface area contributed by atoms with Gasteiger partial charge >= 0.3 is 0 Å². The van der Waals surface area contributed by atoms with Crippen molar-refractivity contribution in [3.63, 3.8) is 0 Å². The zero-order chi connectivity index (χ0) is 9.15. The Bertz CT molecular complexity index is 227. The molecule has 0 radical (unpaired) electrons. The van der Waals surface area contributed by atoms with Crippen molar-refractivity contribution in [3.05, 3.63) is 0 Å². The van der Waals surface area contributed by atoms with Crippen molar-refractivity contribution in [1.29, 1.82) is 0 Å². The van der Waals surface area contributed by atoms with Gasteiger partial charge in [-0.15, -0.1) is 5.92 Å². The van der Waals surface area contributed by atoms with E-state index in [9.17, 15) is 0 Å². The molecule has 0 bridgehead atoms. The number of nitrogens with one attached hydrogen (secondary N) is 1. The maximum atomic E-state index is 3.58. The summed E-state index contributed by atoms with van der Waals surface area (Å²) in [6, 6.07) is 0.788. The highest BCUT2D eigenvalue weighted by Gasteiger charge is 2.47. The van der Waals surface area contributed by atoms with Crippen molar-refractivity contribution in [3.8, 4) is 11.8 Å². The number of hydrogen-bond donors (Lipinski definition) is 1. The summed E-state index contributed by atoms with van der Waals surface area (Å²) >= 11 is 0. The van der Waals surface area contributed by atoms with Crippen LogP contribution in [0.1, 0.15) is 45.4 Å². The van der Waals surface area contributed by atoms with Gasteiger partial charge in [0.15, 0.2) is 0 Å². The molecule has 0 aromatic rings. The molecule has 1 heteroatoms. The standard InChI is InChI=1S/C12H19N/c1-2-3-10-13-11-6-9-12(11)7-4-5-8-12/h11,13H,4-10H2,1H3. The minimum absolute atomic E-state index is 0.704. The minimum atomic E-state index is 0.704. The largest absolute Gasteiger partial charge is 0.303 e. The summed E-state index contributed by atoms with van der Waals surface area (Å²) < 4.78 is 0. The molecule has 2 aliphatic rings. The highest BCUT2D eigenvalue weighted by molar-refractivity contribution is 5.05. The topological polar surface area (TPSA) is 12.0 Å². The molecule has 0 amide bonds. The quantitative estimate of drug-likeness (QED) is 0.638. The fourth-order valence-electron chi connectivity index (χ4n) is 2.96. The van der Waals surface area contributed by atoms with Gasteiger partial charge in [0.25, 0.3) is 0 Å². The van der Waals surface area contributed by atoms with Gasteiger partial charge in [-0.05, 0) is 38.0 Å². The van der Waals surface area contributed by atoms with Crippen molar-refractivity contribution >= 4 is 0 Å². The lowest BCUT2D eigenvalue weighted by Gasteiger charge is -2.47. The maximum absolute atomic E-state index is 3.58. The van der Waals surface area contributed by atoms with Crippen LogP contribution < -0.4 is 5.32 Å². The molecule has 2 fully saturated rings. The Balaban J connectivity index is 1.82. The molecule has 0 aromatic heterocycles. The second-order valence-electron chi connectivity index (χ2n) is 4.47. The number of rotatable bonds is 2. The van der Waals surface area contributed by atoms with Crippen LogP contribution >= 0.6 is 0 Å². The minimum Gasteiger partial charge on any atom is -0.303 e. The predicted octanol–water partition coefficient (Wildman–Crippen LogP) is 2.32. The highest BCUT2D eigenvalue weighted by Crippen LogP contribution is 2.53. The van der Waals surface area contributed by atoms with Crippen molar-refractivity contribution in [2.75, 3.05) is 6.54 Å². The fourth-order valence-corrected chi connectivity index (χ4v) is 2.96. The SMILES string of the molecule is CC#CCNC1CCC12CCCC2. The molecule has 2 rings (SSSR count). The van der Waals surface area contributed by atoms with Gasteiger partial charge in [0, 0.05) is 6.04 Å². The van der Waals surface area contributed by atoms with Crippen molar-refractivity contribution in [2.45, 2.75) is 51.5 Å². The third kappa shape index (κ3) is 1.60. The molecule has 2 aliphatic carbocycles. The van der Waals surface area contributed by atoms with Gasteiger partial charge in [-0.1, -0.05) is 18.8 Å². The summed E-state index contributed by atoms with van der Waals surface area (Å²) in [7, 11) is 0. The summed E-state index contributed by atoms with van der Waals surface area (Å²) in [5, 5.41) is 3.58. The van der Waals surface area contributed by atoms with Crippen LogP contribution in [0.4, 0.5) is 0 Å². The average molecular weight is 177 g/mol. The van der Waals surface area contributed by atoms with E-state index in [2.05, 4.69) is 17.2 Å². The number of hydrogen-bond acceptors (Lipinski definition) is 1. The highest BCUT2D eigenvalue weighted by atomic mass is 15.0. The first-order valence-corrected chi connectivity index (χ1v) is 5.50. The van der Waals surface area contributed by atoms with Gasteiger partial charge < -0.3 is 5.32 Å². The van der Waals surface area contributed by atoms with E-state index in [1.807, 2.05) is 6.92 Å². The van der Waals surface area contributed by atoms with E-state index in [4.69, 9.17) is 0 Å². The van der Waals surface area contributed by atoms with Crippen LogP contribution in [0.15, 0.2) is 0 Å². The Morgan fingerprint density at radius 2 is 2.08 bits per heavy atom. The Morgan fingerprint density at radius 1 is 1.31 bits per heavy atom. The summed E-state index contributed by atoms with van der Waals surface area (Å²) in [5.74, 6) is 6.03. The van der Waals surface area contributed by atoms with Crippen molar-refractivity contribution in [2.24, 2.45) is 5.41 Å². The molecule has 1 nitrogen and oxygen atoms in total. The summed E-state index contributed by atoms with van der Waals surface area (Å²) in [5.41, 5.74) is 0.704. The van der Waals surface area contributed by atoms with Gasteiger partial charge in [-0.2, -0.15) is 0 Å². The summed E-state index contributed by atoms with van der Waals surface area (Å²) in [4.78, 5) is 0. The van der Waals surface area contributed by atoms with E-state index in [0.29, 0.717) is 5.41 Å². The van der Waals surface area contributed by atoms with Crippen LogP contribution in [0, 0.1) is 17.3 Å². The molecule has 0 heterocycles. The van der Waals surface area contributed by atoms with E-state index >= 15 is 0 Å². The normalized spacial score (nSPS) is 29.5. The lowest BCUT2D eigenvalue weighted by molar-refractivity contribution is 0.0763. The molecule has 1 spiro atoms. The fraction of sp³-hybridized carbons (Fsp3) is 0.833. The monoisotopic (exact) mass is 177 g/mol. The Morgan fingerprint density at radius 3 is 2.62 bits per heavy atom. The third-order valence-corrected chi connectivity index (χ3v) is 3.88. The van der Waals surface area contributed by atoms with E-state index in [1.54, 1.807) is 0 Å². The molecule has 1 unspecified atom stereocenters. The summed E-state index contributed by atoms with van der Waals surface area (Å²) in [6.07, 6.45) is 8.68. The lowest BCUT2D eigenvalue weighted by atomic mass is 9.63. The van der Waals surface area contributed by atoms with Crippen LogP contribution in [-0.2, 0) is 0 Å². The smallest absolute Gasteiger partial charge is 0.0578 e. The first-order chi connectivity index (χ1) is 6.37. The van der Waals surface area contributed by atoms with E-state index in [1.165, 1.54) is 38.5 Å². The van der Waals surface area contributed by atoms with Crippen LogP contribution in [0.25, 0.3) is 0 Å². The molecule has 0 aliphatic heterocycles. The average Bonchev–Trinajstić information content (AvgIpc) is 2.61. The van der Waals surface area contributed by atoms with Gasteiger partial charge in [-0.3, -0.25) is 0 Å². The molecule has 0 aromatic carbocycles. The van der Waals surface area contributed by atoms with E-state index in [-0.39, 0.29) is 0 Å². The first-order valence-electron chi connectivity index (χ1n) is 5.50. The Labute approximate surface area is 81.3 Å². The molecule has 2 saturated carbocycles. The van der Waals surface area contributed by atoms with Crippen LogP contribution in [0.3, 0.4) is 0 Å². The molecule has 72 valence electrons. The van der Waals surface area contributed by atoms with Crippen LogP contribution in [0.2, 0.25) is 0 Å². The van der Waals surface area contributed by atoms with E-state index in [0.717, 1.165) is 12.6 Å². The summed E-state index contributed by atoms with van der Waals surface area (Å²) in [6.45, 7) is 2.80. The van der Waals surface area contributed by atoms with Gasteiger partial charge in [0.05, 0.1) is 6.54 Å². The lowest BCUT2D eigenvalue weighted by Crippen LogP contribution is -2.52. The molecule has 1 N–H and O–H groups in total. The molecular formula is C12H19N. The molecule has 0 saturated heterocycles. The first kappa shape index (κ1) is 9.09. The van der Waals surface area contributed by atoms with E-state index < -0.39 is 0 Å². The zero-order valence-electron chi connectivity index (χ0n) is 8.53. The Hall–Kier alpha value is -0.480. The van der Waals surface area contributed by atoms with Gasteiger partial charge in [0.1, 0.15) is 0 Å². The third-order valence-electron chi connectivity index (χ3n) is 3.88. The van der Waals surface area contributed by atoms with Gasteiger partial charge in [0.2, 0.25) is 0 Å². The molecule has 13 heavy (non-hydrogen) atoms. The molecular weight excluding hydrogens is 158 g/mol. The molecule has 1 atom stereocenters. The second-order valence-corrected chi connectivity index (χ2v) is 4.47. The predicted molar refractivity (Wildman–Crippen MR) is 55.4 cm³/mol. The van der Waals surface area contributed by atoms with Crippen molar-refractivity contribution in [1.82, 2.24) is 5.32 Å². The van der Waals surface area contributed by atoms with Crippen LogP contribution in [-0.4, -0.2) is 12.6 Å². The van der Waals surface area contributed by atoms with Crippen molar-refractivity contribution < 1.29 is 0 Å². The van der Waals surface area contributed by atoms with Crippen LogP contribution in [0.5, 0.6) is 0 Å². The Kier molecular flexibility index (Phi) is 2.60. The maximum Gasteiger partial charge on any atom is 0.0578 e. The second kappa shape index (κ2) is 3.72. The van der Waals surface area contributed by atoms with Gasteiger partial charge in [-0.25, -0.2) is 0 Å². The zero-order valence-corrected chi connectivity index (χ0v) is 8.53.